The van der Waals surface area contributed by atoms with E-state index in [4.69, 9.17) is 4.74 Å². The number of carbonyl (C=O) groups is 1. The van der Waals surface area contributed by atoms with E-state index in [1.165, 1.54) is 16.8 Å². The number of benzene rings is 2. The predicted molar refractivity (Wildman–Crippen MR) is 106 cm³/mol. The molecule has 0 spiro atoms. The molecule has 2 aromatic carbocycles. The van der Waals surface area contributed by atoms with Crippen molar-refractivity contribution in [2.24, 2.45) is 0 Å². The van der Waals surface area contributed by atoms with E-state index in [9.17, 15) is 4.79 Å². The molecule has 26 heavy (non-hydrogen) atoms. The molecule has 0 unspecified atom stereocenters. The van der Waals surface area contributed by atoms with Crippen LogP contribution in [-0.2, 0) is 0 Å². The Balaban J connectivity index is 1.67. The van der Waals surface area contributed by atoms with Crippen molar-refractivity contribution in [3.8, 4) is 5.75 Å². The minimum absolute atomic E-state index is 0.475. The van der Waals surface area contributed by atoms with E-state index >= 15 is 0 Å². The van der Waals surface area contributed by atoms with E-state index < -0.39 is 0 Å². The van der Waals surface area contributed by atoms with E-state index in [1.54, 1.807) is 12.0 Å². The molecule has 0 aliphatic carbocycles. The predicted octanol–water partition coefficient (Wildman–Crippen LogP) is 2.59. The Morgan fingerprint density at radius 2 is 1.73 bits per heavy atom. The van der Waals surface area contributed by atoms with Crippen LogP contribution in [0.2, 0.25) is 0 Å². The second kappa shape index (κ2) is 7.92. The van der Waals surface area contributed by atoms with Gasteiger partial charge in [-0.25, -0.2) is 0 Å². The maximum atomic E-state index is 11.1. The highest BCUT2D eigenvalue weighted by molar-refractivity contribution is 5.79. The first-order valence-corrected chi connectivity index (χ1v) is 9.33. The highest BCUT2D eigenvalue weighted by Gasteiger charge is 2.26. The van der Waals surface area contributed by atoms with Gasteiger partial charge < -0.3 is 14.5 Å². The number of aryl methyl sites for hydroxylation is 2. The van der Waals surface area contributed by atoms with Crippen molar-refractivity contribution in [2.45, 2.75) is 26.8 Å². The Labute approximate surface area is 156 Å². The summed E-state index contributed by atoms with van der Waals surface area (Å²) in [5.74, 6) is 0.908. The first-order chi connectivity index (χ1) is 12.5. The van der Waals surface area contributed by atoms with Crippen molar-refractivity contribution in [2.75, 3.05) is 38.2 Å². The topological polar surface area (TPSA) is 34.0 Å². The Morgan fingerprint density at radius 1 is 1.08 bits per heavy atom. The average Bonchev–Trinajstić information content (AvgIpc) is 2.69. The number of aldehydes is 1. The third-order valence-corrected chi connectivity index (χ3v) is 5.69. The van der Waals surface area contributed by atoms with Gasteiger partial charge in [0.2, 0.25) is 0 Å². The smallest absolute Gasteiger partial charge is 0.150 e. The summed E-state index contributed by atoms with van der Waals surface area (Å²) in [7, 11) is 1.70. The molecule has 4 heteroatoms. The molecule has 1 aliphatic heterocycles. The number of piperazine rings is 1. The maximum Gasteiger partial charge on any atom is 0.150 e. The number of ether oxygens (including phenoxy) is 1. The van der Waals surface area contributed by atoms with Gasteiger partial charge in [-0.05, 0) is 68.3 Å². The molecule has 1 N–H and O–H groups in total. The van der Waals surface area contributed by atoms with Crippen molar-refractivity contribution in [1.82, 2.24) is 0 Å². The molecule has 0 bridgehead atoms. The van der Waals surface area contributed by atoms with E-state index in [2.05, 4.69) is 36.9 Å². The third kappa shape index (κ3) is 3.75. The van der Waals surface area contributed by atoms with Crippen LogP contribution in [0.1, 0.15) is 40.0 Å². The second-order valence-electron chi connectivity index (χ2n) is 7.25. The van der Waals surface area contributed by atoms with E-state index in [0.717, 1.165) is 49.3 Å². The first kappa shape index (κ1) is 18.5. The number of hydrogen-bond acceptors (Lipinski definition) is 3. The summed E-state index contributed by atoms with van der Waals surface area (Å²) < 4.78 is 5.26. The Morgan fingerprint density at radius 3 is 2.31 bits per heavy atom. The molecule has 1 aliphatic rings. The van der Waals surface area contributed by atoms with Gasteiger partial charge in [0.15, 0.2) is 0 Å². The molecule has 4 nitrogen and oxygen atoms in total. The molecule has 3 rings (SSSR count). The summed E-state index contributed by atoms with van der Waals surface area (Å²) in [5.41, 5.74) is 5.66. The highest BCUT2D eigenvalue weighted by atomic mass is 16.5. The van der Waals surface area contributed by atoms with E-state index in [0.29, 0.717) is 6.04 Å². The summed E-state index contributed by atoms with van der Waals surface area (Å²) in [6.45, 7) is 10.7. The van der Waals surface area contributed by atoms with Crippen LogP contribution in [0.5, 0.6) is 5.75 Å². The van der Waals surface area contributed by atoms with Crippen LogP contribution >= 0.6 is 0 Å². The number of rotatable bonds is 5. The quantitative estimate of drug-likeness (QED) is 0.839. The number of quaternary nitrogens is 1. The summed E-state index contributed by atoms with van der Waals surface area (Å²) in [6, 6.07) is 13.1. The lowest BCUT2D eigenvalue weighted by atomic mass is 10.0. The van der Waals surface area contributed by atoms with Gasteiger partial charge >= 0.3 is 0 Å². The number of methoxy groups -OCH3 is 1. The van der Waals surface area contributed by atoms with Crippen molar-refractivity contribution in [3.63, 3.8) is 0 Å². The van der Waals surface area contributed by atoms with Gasteiger partial charge in [0.05, 0.1) is 33.3 Å². The second-order valence-corrected chi connectivity index (χ2v) is 7.25. The van der Waals surface area contributed by atoms with Crippen LogP contribution in [0.3, 0.4) is 0 Å². The van der Waals surface area contributed by atoms with Gasteiger partial charge in [-0.15, -0.1) is 0 Å². The zero-order valence-electron chi connectivity index (χ0n) is 16.2. The highest BCUT2D eigenvalue weighted by Crippen LogP contribution is 2.24. The zero-order valence-corrected chi connectivity index (χ0v) is 16.2. The maximum absolute atomic E-state index is 11.1. The van der Waals surface area contributed by atoms with Crippen molar-refractivity contribution in [1.29, 1.82) is 0 Å². The van der Waals surface area contributed by atoms with E-state index in [1.807, 2.05) is 25.1 Å². The number of hydrogen-bond donors (Lipinski definition) is 1. The molecule has 1 fully saturated rings. The van der Waals surface area contributed by atoms with Crippen molar-refractivity contribution >= 4 is 12.0 Å². The number of nitrogens with zero attached hydrogens (tertiary/aromatic N) is 1. The van der Waals surface area contributed by atoms with Gasteiger partial charge in [-0.1, -0.05) is 0 Å². The molecule has 1 atom stereocenters. The lowest BCUT2D eigenvalue weighted by Gasteiger charge is -2.37. The zero-order chi connectivity index (χ0) is 18.7. The molecule has 1 saturated heterocycles. The standard InChI is InChI=1S/C22H28N2O2/c1-16-14-22(17(2)13-20(16)15-25)24-11-9-23(10-12-24)18(3)19-5-7-21(26-4)8-6-19/h5-8,13-15,18H,9-12H2,1-4H3/p+1/t18-/m0/s1. The molecule has 2 aromatic rings. The van der Waals surface area contributed by atoms with Gasteiger partial charge in [-0.3, -0.25) is 4.79 Å². The molecule has 138 valence electrons. The van der Waals surface area contributed by atoms with Crippen LogP contribution in [-0.4, -0.2) is 39.6 Å². The fourth-order valence-electron chi connectivity index (χ4n) is 3.89. The minimum Gasteiger partial charge on any atom is -0.497 e. The van der Waals surface area contributed by atoms with Crippen LogP contribution < -0.4 is 14.5 Å². The average molecular weight is 353 g/mol. The SMILES string of the molecule is COc1ccc([C@H](C)[NH+]2CCN(c3cc(C)c(C=O)cc3C)CC2)cc1. The molecule has 0 saturated carbocycles. The molecule has 0 amide bonds. The normalized spacial score (nSPS) is 16.4. The van der Waals surface area contributed by atoms with Crippen molar-refractivity contribution < 1.29 is 14.4 Å². The van der Waals surface area contributed by atoms with Crippen LogP contribution in [0.15, 0.2) is 36.4 Å². The molecular formula is C22H29N2O2+. The minimum atomic E-state index is 0.475. The van der Waals surface area contributed by atoms with E-state index in [-0.39, 0.29) is 0 Å². The third-order valence-electron chi connectivity index (χ3n) is 5.69. The van der Waals surface area contributed by atoms with Gasteiger partial charge in [0, 0.05) is 16.8 Å². The first-order valence-electron chi connectivity index (χ1n) is 9.33. The summed E-state index contributed by atoms with van der Waals surface area (Å²) >= 11 is 0. The number of nitrogens with one attached hydrogen (secondary N) is 1. The molecule has 0 aromatic heterocycles. The van der Waals surface area contributed by atoms with Gasteiger partial charge in [-0.2, -0.15) is 0 Å². The largest absolute Gasteiger partial charge is 0.497 e. The fourth-order valence-corrected chi connectivity index (χ4v) is 3.89. The summed E-state index contributed by atoms with van der Waals surface area (Å²) in [6.07, 6.45) is 0.949. The summed E-state index contributed by atoms with van der Waals surface area (Å²) in [4.78, 5) is 15.2. The van der Waals surface area contributed by atoms with Crippen LogP contribution in [0, 0.1) is 13.8 Å². The van der Waals surface area contributed by atoms with Crippen LogP contribution in [0.25, 0.3) is 0 Å². The Kier molecular flexibility index (Phi) is 5.62. The Hall–Kier alpha value is -2.33. The number of carbonyl (C=O) groups excluding carboxylic acids is 1. The summed E-state index contributed by atoms with van der Waals surface area (Å²) in [5, 5.41) is 0. The van der Waals surface area contributed by atoms with Crippen molar-refractivity contribution in [3.05, 3.63) is 58.7 Å². The number of anilines is 1. The molecular weight excluding hydrogens is 324 g/mol. The monoisotopic (exact) mass is 353 g/mol. The van der Waals surface area contributed by atoms with Gasteiger partial charge in [0.1, 0.15) is 18.1 Å². The molecule has 0 radical (unpaired) electrons. The Bertz CT molecular complexity index is 762. The van der Waals surface area contributed by atoms with Crippen LogP contribution in [0.4, 0.5) is 5.69 Å². The lowest BCUT2D eigenvalue weighted by Crippen LogP contribution is -3.14. The fraction of sp³-hybridized carbons (Fsp3) is 0.409. The lowest BCUT2D eigenvalue weighted by molar-refractivity contribution is -0.930. The van der Waals surface area contributed by atoms with Gasteiger partial charge in [0.25, 0.3) is 0 Å². The molecule has 1 heterocycles.